The summed E-state index contributed by atoms with van der Waals surface area (Å²) in [6.45, 7) is 3.97. The zero-order valence-electron chi connectivity index (χ0n) is 16.4. The molecule has 0 bridgehead atoms. The number of aromatic nitrogens is 1. The number of fused-ring (bicyclic) bond motifs is 1. The molecule has 1 aromatic carbocycles. The van der Waals surface area contributed by atoms with Crippen molar-refractivity contribution in [3.8, 4) is 11.1 Å². The fraction of sp³-hybridized carbons (Fsp3) is 0.261. The molecule has 6 heteroatoms. The molecule has 0 saturated carbocycles. The van der Waals surface area contributed by atoms with Crippen LogP contribution in [0.3, 0.4) is 0 Å². The molecule has 1 aliphatic heterocycles. The van der Waals surface area contributed by atoms with Gasteiger partial charge < -0.3 is 13.9 Å². The van der Waals surface area contributed by atoms with Crippen LogP contribution in [0.2, 0.25) is 0 Å². The van der Waals surface area contributed by atoms with Gasteiger partial charge in [0.15, 0.2) is 0 Å². The number of aryl methyl sites for hydroxylation is 1. The lowest BCUT2D eigenvalue weighted by Gasteiger charge is -2.34. The second-order valence-corrected chi connectivity index (χ2v) is 8.33. The molecular formula is C23H23N3O2S. The number of hydrogen-bond acceptors (Lipinski definition) is 4. The minimum atomic E-state index is 0.113. The van der Waals surface area contributed by atoms with Crippen molar-refractivity contribution < 1.29 is 9.21 Å². The third-order valence-electron chi connectivity index (χ3n) is 5.62. The molecule has 148 valence electrons. The van der Waals surface area contributed by atoms with E-state index in [1.54, 1.807) is 11.3 Å². The number of nitrogens with zero attached hydrogens (tertiary/aromatic N) is 3. The van der Waals surface area contributed by atoms with Gasteiger partial charge in [0.1, 0.15) is 17.0 Å². The molecule has 29 heavy (non-hydrogen) atoms. The van der Waals surface area contributed by atoms with E-state index in [-0.39, 0.29) is 5.91 Å². The van der Waals surface area contributed by atoms with Crippen molar-refractivity contribution in [2.24, 2.45) is 7.05 Å². The third kappa shape index (κ3) is 3.61. The second-order valence-electron chi connectivity index (χ2n) is 7.55. The van der Waals surface area contributed by atoms with Crippen LogP contribution in [0.15, 0.2) is 63.8 Å². The topological polar surface area (TPSA) is 41.6 Å². The van der Waals surface area contributed by atoms with Crippen molar-refractivity contribution in [2.75, 3.05) is 26.2 Å². The van der Waals surface area contributed by atoms with Gasteiger partial charge in [0.05, 0.1) is 6.54 Å². The molecule has 0 N–H and O–H groups in total. The number of hydrogen-bond donors (Lipinski definition) is 0. The minimum absolute atomic E-state index is 0.113. The highest BCUT2D eigenvalue weighted by atomic mass is 32.1. The molecule has 0 radical (unpaired) electrons. The maximum Gasteiger partial charge on any atom is 0.270 e. The van der Waals surface area contributed by atoms with Crippen LogP contribution in [0, 0.1) is 0 Å². The van der Waals surface area contributed by atoms with Crippen molar-refractivity contribution in [3.63, 3.8) is 0 Å². The molecule has 0 aliphatic carbocycles. The highest BCUT2D eigenvalue weighted by Crippen LogP contribution is 2.28. The summed E-state index contributed by atoms with van der Waals surface area (Å²) in [7, 11) is 1.91. The van der Waals surface area contributed by atoms with Gasteiger partial charge in [0.25, 0.3) is 5.91 Å². The van der Waals surface area contributed by atoms with Crippen LogP contribution in [-0.4, -0.2) is 46.5 Å². The number of benzene rings is 1. The van der Waals surface area contributed by atoms with E-state index in [2.05, 4.69) is 46.0 Å². The normalized spacial score (nSPS) is 15.3. The Bertz CT molecular complexity index is 1130. The molecule has 0 atom stereocenters. The summed E-state index contributed by atoms with van der Waals surface area (Å²) in [5.41, 5.74) is 4.14. The molecule has 1 amide bonds. The molecule has 4 heterocycles. The van der Waals surface area contributed by atoms with Crippen LogP contribution in [-0.2, 0) is 13.6 Å². The first-order chi connectivity index (χ1) is 14.2. The van der Waals surface area contributed by atoms with Gasteiger partial charge in [-0.2, -0.15) is 11.3 Å². The van der Waals surface area contributed by atoms with Crippen molar-refractivity contribution in [2.45, 2.75) is 6.54 Å². The highest BCUT2D eigenvalue weighted by Gasteiger charge is 2.24. The zero-order chi connectivity index (χ0) is 19.8. The Labute approximate surface area is 173 Å². The average Bonchev–Trinajstić information content (AvgIpc) is 3.48. The number of carbonyl (C=O) groups is 1. The van der Waals surface area contributed by atoms with Gasteiger partial charge in [0, 0.05) is 44.8 Å². The molecule has 0 unspecified atom stereocenters. The van der Waals surface area contributed by atoms with Gasteiger partial charge in [-0.25, -0.2) is 0 Å². The fourth-order valence-electron chi connectivity index (χ4n) is 3.96. The third-order valence-corrected chi connectivity index (χ3v) is 6.31. The maximum absolute atomic E-state index is 12.7. The minimum Gasteiger partial charge on any atom is -0.460 e. The van der Waals surface area contributed by atoms with Crippen molar-refractivity contribution in [1.29, 1.82) is 0 Å². The Morgan fingerprint density at radius 1 is 1.07 bits per heavy atom. The molecule has 0 spiro atoms. The maximum atomic E-state index is 12.7. The van der Waals surface area contributed by atoms with E-state index in [9.17, 15) is 4.79 Å². The molecule has 1 fully saturated rings. The van der Waals surface area contributed by atoms with Crippen LogP contribution < -0.4 is 0 Å². The lowest BCUT2D eigenvalue weighted by molar-refractivity contribution is 0.0612. The summed E-state index contributed by atoms with van der Waals surface area (Å²) in [6.07, 6.45) is 1.91. The summed E-state index contributed by atoms with van der Waals surface area (Å²) in [5, 5.41) is 5.40. The molecular weight excluding hydrogens is 382 g/mol. The van der Waals surface area contributed by atoms with Gasteiger partial charge in [-0.15, -0.1) is 0 Å². The number of piperazine rings is 1. The summed E-state index contributed by atoms with van der Waals surface area (Å²) in [6, 6.07) is 14.5. The summed E-state index contributed by atoms with van der Waals surface area (Å²) in [5.74, 6) is 1.09. The van der Waals surface area contributed by atoms with E-state index in [4.69, 9.17) is 4.42 Å². The lowest BCUT2D eigenvalue weighted by atomic mass is 10.1. The van der Waals surface area contributed by atoms with Crippen LogP contribution in [0.4, 0.5) is 0 Å². The number of amides is 1. The fourth-order valence-corrected chi connectivity index (χ4v) is 4.62. The molecule has 1 aliphatic rings. The van der Waals surface area contributed by atoms with Gasteiger partial charge in [-0.1, -0.05) is 6.07 Å². The Morgan fingerprint density at radius 2 is 1.93 bits per heavy atom. The molecule has 5 rings (SSSR count). The first-order valence-electron chi connectivity index (χ1n) is 9.85. The zero-order valence-corrected chi connectivity index (χ0v) is 17.2. The number of carbonyl (C=O) groups excluding carboxylic acids is 1. The predicted molar refractivity (Wildman–Crippen MR) is 116 cm³/mol. The summed E-state index contributed by atoms with van der Waals surface area (Å²) < 4.78 is 7.95. The van der Waals surface area contributed by atoms with Crippen molar-refractivity contribution in [3.05, 3.63) is 70.9 Å². The quantitative estimate of drug-likeness (QED) is 0.503. The Morgan fingerprint density at radius 3 is 2.66 bits per heavy atom. The second kappa shape index (κ2) is 7.54. The smallest absolute Gasteiger partial charge is 0.270 e. The Hall–Kier alpha value is -2.83. The molecule has 1 saturated heterocycles. The predicted octanol–water partition coefficient (Wildman–Crippen LogP) is 4.46. The van der Waals surface area contributed by atoms with Gasteiger partial charge in [-0.3, -0.25) is 9.69 Å². The van der Waals surface area contributed by atoms with Crippen LogP contribution >= 0.6 is 11.3 Å². The molecule has 4 aromatic rings. The van der Waals surface area contributed by atoms with Crippen molar-refractivity contribution in [1.82, 2.24) is 14.4 Å². The van der Waals surface area contributed by atoms with Gasteiger partial charge >= 0.3 is 0 Å². The standard InChI is InChI=1S/C23H23N3O2S/c1-24-7-2-3-21(24)23(27)26-10-8-25(9-11-26)15-20-14-19-13-17(4-5-22(19)28-20)18-6-12-29-16-18/h2-7,12-14,16H,8-11,15H2,1H3. The van der Waals surface area contributed by atoms with E-state index >= 15 is 0 Å². The van der Waals surface area contributed by atoms with E-state index < -0.39 is 0 Å². The number of rotatable bonds is 4. The van der Waals surface area contributed by atoms with E-state index in [1.807, 2.05) is 34.8 Å². The van der Waals surface area contributed by atoms with Crippen molar-refractivity contribution >= 4 is 28.2 Å². The molecule has 3 aromatic heterocycles. The van der Waals surface area contributed by atoms with Gasteiger partial charge in [0.2, 0.25) is 0 Å². The lowest BCUT2D eigenvalue weighted by Crippen LogP contribution is -2.48. The monoisotopic (exact) mass is 405 g/mol. The van der Waals surface area contributed by atoms with Crippen LogP contribution in [0.25, 0.3) is 22.1 Å². The van der Waals surface area contributed by atoms with Crippen LogP contribution in [0.5, 0.6) is 0 Å². The van der Waals surface area contributed by atoms with Crippen LogP contribution in [0.1, 0.15) is 16.2 Å². The van der Waals surface area contributed by atoms with E-state index in [0.717, 1.165) is 55.1 Å². The number of furan rings is 1. The molecule has 5 nitrogen and oxygen atoms in total. The first kappa shape index (κ1) is 18.2. The number of thiophene rings is 1. The largest absolute Gasteiger partial charge is 0.460 e. The van der Waals surface area contributed by atoms with E-state index in [0.29, 0.717) is 0 Å². The van der Waals surface area contributed by atoms with E-state index in [1.165, 1.54) is 11.1 Å². The summed E-state index contributed by atoms with van der Waals surface area (Å²) in [4.78, 5) is 17.0. The SMILES string of the molecule is Cn1cccc1C(=O)N1CCN(Cc2cc3cc(-c4ccsc4)ccc3o2)CC1. The van der Waals surface area contributed by atoms with Gasteiger partial charge in [-0.05, 0) is 58.3 Å². The average molecular weight is 406 g/mol. The Kier molecular flexibility index (Phi) is 4.73. The highest BCUT2D eigenvalue weighted by molar-refractivity contribution is 7.08. The first-order valence-corrected chi connectivity index (χ1v) is 10.8. The summed E-state index contributed by atoms with van der Waals surface area (Å²) >= 11 is 1.71. The Balaban J connectivity index is 1.24.